The lowest BCUT2D eigenvalue weighted by Crippen LogP contribution is -2.74. The van der Waals surface area contributed by atoms with Gasteiger partial charge in [0.25, 0.3) is 0 Å². The summed E-state index contributed by atoms with van der Waals surface area (Å²) in [6, 6.07) is 94.6. The zero-order chi connectivity index (χ0) is 42.0. The average molecular weight is 822 g/mol. The largest absolute Gasteiger partial charge is 0.457 e. The van der Waals surface area contributed by atoms with Crippen LogP contribution in [0, 0.1) is 0 Å². The molecule has 0 atom stereocenters. The summed E-state index contributed by atoms with van der Waals surface area (Å²) in [4.78, 5) is 2.29. The van der Waals surface area contributed by atoms with Crippen LogP contribution in [0.1, 0.15) is 0 Å². The molecule has 0 aliphatic heterocycles. The molecule has 0 spiro atoms. The lowest BCUT2D eigenvalue weighted by molar-refractivity contribution is 0.483. The van der Waals surface area contributed by atoms with Crippen molar-refractivity contribution in [3.8, 4) is 22.6 Å². The standard InChI is InChI=1S/C60H43NOSi/c1-5-17-46(18-6-1)61(48-35-37-50(38-36-48)62-49-19-7-2-8-20-49)47-33-29-44(30-34-47)45-31-39-53(40-32-45)63(51-21-9-3-10-22-51,52-23-11-4-12-24-52)54-41-42-59-57-27-14-13-25-55(57)56-26-15-16-28-58(56)60(59)43-54/h1-43H. The van der Waals surface area contributed by atoms with Crippen LogP contribution in [0.4, 0.5) is 17.1 Å². The van der Waals surface area contributed by atoms with Crippen LogP contribution in [0.15, 0.2) is 261 Å². The van der Waals surface area contributed by atoms with Gasteiger partial charge in [0.15, 0.2) is 8.07 Å². The highest BCUT2D eigenvalue weighted by Crippen LogP contribution is 2.38. The first-order valence-electron chi connectivity index (χ1n) is 21.6. The molecule has 0 aliphatic rings. The summed E-state index contributed by atoms with van der Waals surface area (Å²) >= 11 is 0. The number of nitrogens with zero attached hydrogens (tertiary/aromatic N) is 1. The molecule has 0 saturated carbocycles. The number of para-hydroxylation sites is 2. The summed E-state index contributed by atoms with van der Waals surface area (Å²) in [5, 5.41) is 13.2. The van der Waals surface area contributed by atoms with Gasteiger partial charge < -0.3 is 9.64 Å². The minimum absolute atomic E-state index is 0.797. The molecule has 11 aromatic carbocycles. The van der Waals surface area contributed by atoms with E-state index in [2.05, 4.69) is 223 Å². The SMILES string of the molecule is c1ccc(Oc2ccc(N(c3ccccc3)c3ccc(-c4ccc([Si](c5ccccc5)(c5ccccc5)c5ccc6c7ccccc7c7ccccc7c6c5)cc4)cc3)cc2)cc1. The van der Waals surface area contributed by atoms with E-state index in [4.69, 9.17) is 4.74 Å². The van der Waals surface area contributed by atoms with Gasteiger partial charge in [-0.2, -0.15) is 0 Å². The molecule has 2 nitrogen and oxygen atoms in total. The molecule has 0 aliphatic carbocycles. The Hall–Kier alpha value is -7.98. The minimum atomic E-state index is -2.84. The maximum Gasteiger partial charge on any atom is 0.179 e. The number of hydrogen-bond donors (Lipinski definition) is 0. The Morgan fingerprint density at radius 3 is 1.13 bits per heavy atom. The first kappa shape index (κ1) is 38.0. The third kappa shape index (κ3) is 6.95. The van der Waals surface area contributed by atoms with Crippen molar-refractivity contribution in [3.63, 3.8) is 0 Å². The minimum Gasteiger partial charge on any atom is -0.457 e. The van der Waals surface area contributed by atoms with Crippen molar-refractivity contribution in [1.29, 1.82) is 0 Å². The Balaban J connectivity index is 1.00. The van der Waals surface area contributed by atoms with Gasteiger partial charge in [-0.05, 0) is 125 Å². The molecule has 0 aromatic heterocycles. The third-order valence-electron chi connectivity index (χ3n) is 12.5. The molecule has 298 valence electrons. The van der Waals surface area contributed by atoms with E-state index < -0.39 is 8.07 Å². The van der Waals surface area contributed by atoms with E-state index in [0.717, 1.165) is 28.6 Å². The number of hydrogen-bond acceptors (Lipinski definition) is 2. The van der Waals surface area contributed by atoms with Crippen molar-refractivity contribution >= 4 is 78.2 Å². The van der Waals surface area contributed by atoms with E-state index in [9.17, 15) is 0 Å². The molecule has 0 fully saturated rings. The number of fused-ring (bicyclic) bond motifs is 6. The number of benzene rings is 11. The molecule has 0 bridgehead atoms. The summed E-state index contributed by atoms with van der Waals surface area (Å²) < 4.78 is 6.12. The molecular formula is C60H43NOSi. The molecule has 11 rings (SSSR count). The molecule has 0 radical (unpaired) electrons. The molecule has 0 N–H and O–H groups in total. The van der Waals surface area contributed by atoms with E-state index >= 15 is 0 Å². The van der Waals surface area contributed by atoms with Gasteiger partial charge in [-0.3, -0.25) is 0 Å². The van der Waals surface area contributed by atoms with Crippen LogP contribution in [0.5, 0.6) is 11.5 Å². The second-order valence-corrected chi connectivity index (χ2v) is 19.8. The molecule has 11 aromatic rings. The number of anilines is 3. The average Bonchev–Trinajstić information content (AvgIpc) is 3.37. The highest BCUT2D eigenvalue weighted by Gasteiger charge is 2.41. The molecule has 63 heavy (non-hydrogen) atoms. The fraction of sp³-hybridized carbons (Fsp3) is 0. The van der Waals surface area contributed by atoms with Gasteiger partial charge in [0.05, 0.1) is 0 Å². The Labute approximate surface area is 369 Å². The van der Waals surface area contributed by atoms with Crippen molar-refractivity contribution in [2.45, 2.75) is 0 Å². The van der Waals surface area contributed by atoms with Crippen LogP contribution in [-0.4, -0.2) is 8.07 Å². The van der Waals surface area contributed by atoms with Gasteiger partial charge >= 0.3 is 0 Å². The van der Waals surface area contributed by atoms with E-state index in [1.165, 1.54) is 64.2 Å². The fourth-order valence-electron chi connectivity index (χ4n) is 9.54. The first-order chi connectivity index (χ1) is 31.2. The van der Waals surface area contributed by atoms with Crippen molar-refractivity contribution in [2.24, 2.45) is 0 Å². The quantitative estimate of drug-likeness (QED) is 0.0774. The second kappa shape index (κ2) is 16.5. The topological polar surface area (TPSA) is 12.5 Å². The van der Waals surface area contributed by atoms with Gasteiger partial charge in [-0.1, -0.05) is 200 Å². The Morgan fingerprint density at radius 1 is 0.254 bits per heavy atom. The van der Waals surface area contributed by atoms with Gasteiger partial charge in [0.2, 0.25) is 0 Å². The van der Waals surface area contributed by atoms with Gasteiger partial charge in [0, 0.05) is 17.1 Å². The fourth-order valence-corrected chi connectivity index (χ4v) is 14.3. The summed E-state index contributed by atoms with van der Waals surface area (Å²) in [6.45, 7) is 0. The second-order valence-electron chi connectivity index (χ2n) is 16.0. The van der Waals surface area contributed by atoms with E-state index in [1.54, 1.807) is 0 Å². The van der Waals surface area contributed by atoms with Gasteiger partial charge in [-0.25, -0.2) is 0 Å². The van der Waals surface area contributed by atoms with Crippen molar-refractivity contribution in [2.75, 3.05) is 4.90 Å². The van der Waals surface area contributed by atoms with E-state index in [0.29, 0.717) is 0 Å². The molecular weight excluding hydrogens is 779 g/mol. The Bertz CT molecular complexity index is 3240. The van der Waals surface area contributed by atoms with E-state index in [1.807, 2.05) is 42.5 Å². The van der Waals surface area contributed by atoms with Crippen molar-refractivity contribution < 1.29 is 4.74 Å². The summed E-state index contributed by atoms with van der Waals surface area (Å²) in [7, 11) is -2.84. The van der Waals surface area contributed by atoms with Gasteiger partial charge in [0.1, 0.15) is 11.5 Å². The van der Waals surface area contributed by atoms with Crippen LogP contribution in [0.25, 0.3) is 43.4 Å². The van der Waals surface area contributed by atoms with Crippen LogP contribution in [-0.2, 0) is 0 Å². The molecule has 0 amide bonds. The monoisotopic (exact) mass is 821 g/mol. The normalized spacial score (nSPS) is 11.5. The zero-order valence-corrected chi connectivity index (χ0v) is 35.7. The summed E-state index contributed by atoms with van der Waals surface area (Å²) in [5.74, 6) is 1.62. The Kier molecular flexibility index (Phi) is 9.93. The van der Waals surface area contributed by atoms with E-state index in [-0.39, 0.29) is 0 Å². The number of ether oxygens (including phenoxy) is 1. The lowest BCUT2D eigenvalue weighted by Gasteiger charge is -2.35. The lowest BCUT2D eigenvalue weighted by atomic mass is 9.94. The van der Waals surface area contributed by atoms with Crippen LogP contribution >= 0.6 is 0 Å². The molecule has 0 unspecified atom stereocenters. The number of rotatable bonds is 10. The maximum atomic E-state index is 6.12. The predicted octanol–water partition coefficient (Wildman–Crippen LogP) is 13.5. The smallest absolute Gasteiger partial charge is 0.179 e. The van der Waals surface area contributed by atoms with Crippen molar-refractivity contribution in [1.82, 2.24) is 0 Å². The third-order valence-corrected chi connectivity index (χ3v) is 17.2. The molecule has 3 heteroatoms. The highest BCUT2D eigenvalue weighted by molar-refractivity contribution is 7.20. The maximum absolute atomic E-state index is 6.12. The summed E-state index contributed by atoms with van der Waals surface area (Å²) in [6.07, 6.45) is 0. The molecule has 0 heterocycles. The summed E-state index contributed by atoms with van der Waals surface area (Å²) in [5.41, 5.74) is 5.56. The first-order valence-corrected chi connectivity index (χ1v) is 23.6. The zero-order valence-electron chi connectivity index (χ0n) is 34.7. The van der Waals surface area contributed by atoms with Crippen LogP contribution < -0.4 is 30.4 Å². The predicted molar refractivity (Wildman–Crippen MR) is 269 cm³/mol. The highest BCUT2D eigenvalue weighted by atomic mass is 28.3. The van der Waals surface area contributed by atoms with Crippen molar-refractivity contribution in [3.05, 3.63) is 261 Å². The van der Waals surface area contributed by atoms with Crippen LogP contribution in [0.3, 0.4) is 0 Å². The Morgan fingerprint density at radius 2 is 0.603 bits per heavy atom. The molecule has 0 saturated heterocycles. The van der Waals surface area contributed by atoms with Gasteiger partial charge in [-0.15, -0.1) is 0 Å². The van der Waals surface area contributed by atoms with Crippen LogP contribution in [0.2, 0.25) is 0 Å².